The fourth-order valence-corrected chi connectivity index (χ4v) is 1.81. The van der Waals surface area contributed by atoms with Crippen LogP contribution in [0.4, 0.5) is 0 Å². The maximum Gasteiger partial charge on any atom is 0.110 e. The Bertz CT molecular complexity index is 364. The monoisotopic (exact) mass is 230 g/mol. The Balaban J connectivity index is 2.75. The smallest absolute Gasteiger partial charge is 0.110 e. The Labute approximate surface area is 105 Å². The molecule has 0 aliphatic carbocycles. The third-order valence-corrected chi connectivity index (χ3v) is 3.01. The zero-order valence-electron chi connectivity index (χ0n) is 11.0. The molecule has 1 unspecified atom stereocenters. The molecule has 0 fully saturated rings. The second-order valence-electron chi connectivity index (χ2n) is 4.98. The van der Waals surface area contributed by atoms with Crippen molar-refractivity contribution in [1.82, 2.24) is 5.32 Å². The fourth-order valence-electron chi connectivity index (χ4n) is 1.81. The van der Waals surface area contributed by atoms with E-state index in [0.29, 0.717) is 5.92 Å². The number of nitriles is 1. The van der Waals surface area contributed by atoms with E-state index in [0.717, 1.165) is 19.4 Å². The number of nitrogens with one attached hydrogen (secondary N) is 1. The molecular formula is C15H22N2. The summed E-state index contributed by atoms with van der Waals surface area (Å²) >= 11 is 0. The first-order valence-corrected chi connectivity index (χ1v) is 6.32. The number of benzene rings is 1. The Morgan fingerprint density at radius 2 is 1.94 bits per heavy atom. The predicted octanol–water partition coefficient (Wildman–Crippen LogP) is 3.15. The Kier molecular flexibility index (Phi) is 5.18. The second kappa shape index (κ2) is 6.42. The number of hydrogen-bond acceptors (Lipinski definition) is 2. The van der Waals surface area contributed by atoms with Crippen molar-refractivity contribution in [2.75, 3.05) is 6.54 Å². The first-order valence-electron chi connectivity index (χ1n) is 6.32. The summed E-state index contributed by atoms with van der Waals surface area (Å²) in [6, 6.07) is 12.7. The maximum atomic E-state index is 9.44. The summed E-state index contributed by atoms with van der Waals surface area (Å²) in [4.78, 5) is 0. The van der Waals surface area contributed by atoms with E-state index in [2.05, 4.69) is 44.3 Å². The molecule has 1 aromatic carbocycles. The molecular weight excluding hydrogens is 208 g/mol. The molecule has 2 heteroatoms. The van der Waals surface area contributed by atoms with Gasteiger partial charge in [0.05, 0.1) is 6.07 Å². The average Bonchev–Trinajstić information content (AvgIpc) is 2.36. The lowest BCUT2D eigenvalue weighted by molar-refractivity contribution is 0.371. The quantitative estimate of drug-likeness (QED) is 0.815. The number of nitrogens with zero attached hydrogens (tertiary/aromatic N) is 1. The summed E-state index contributed by atoms with van der Waals surface area (Å²) < 4.78 is 0. The molecule has 0 saturated carbocycles. The van der Waals surface area contributed by atoms with Crippen LogP contribution in [0.1, 0.15) is 32.8 Å². The third-order valence-electron chi connectivity index (χ3n) is 3.01. The lowest BCUT2D eigenvalue weighted by Crippen LogP contribution is -2.46. The molecule has 2 nitrogen and oxygen atoms in total. The SMILES string of the molecule is CCC(C#N)(Cc1ccccc1)NCC(C)C. The predicted molar refractivity (Wildman–Crippen MR) is 71.6 cm³/mol. The summed E-state index contributed by atoms with van der Waals surface area (Å²) in [7, 11) is 0. The van der Waals surface area contributed by atoms with Gasteiger partial charge >= 0.3 is 0 Å². The molecule has 0 heterocycles. The normalized spacial score (nSPS) is 14.3. The minimum Gasteiger partial charge on any atom is -0.299 e. The molecule has 1 aromatic rings. The third kappa shape index (κ3) is 4.20. The van der Waals surface area contributed by atoms with Crippen LogP contribution >= 0.6 is 0 Å². The zero-order valence-corrected chi connectivity index (χ0v) is 11.0. The van der Waals surface area contributed by atoms with Crippen LogP contribution < -0.4 is 5.32 Å². The molecule has 1 rings (SSSR count). The molecule has 0 radical (unpaired) electrons. The van der Waals surface area contributed by atoms with E-state index in [1.807, 2.05) is 18.2 Å². The fraction of sp³-hybridized carbons (Fsp3) is 0.533. The van der Waals surface area contributed by atoms with Crippen LogP contribution in [-0.4, -0.2) is 12.1 Å². The molecule has 0 aromatic heterocycles. The van der Waals surface area contributed by atoms with E-state index in [-0.39, 0.29) is 0 Å². The molecule has 1 atom stereocenters. The van der Waals surface area contributed by atoms with Gasteiger partial charge in [-0.05, 0) is 24.4 Å². The van der Waals surface area contributed by atoms with Crippen LogP contribution in [0.5, 0.6) is 0 Å². The summed E-state index contributed by atoms with van der Waals surface area (Å²) in [5, 5.41) is 12.9. The lowest BCUT2D eigenvalue weighted by atomic mass is 9.89. The van der Waals surface area contributed by atoms with Crippen molar-refractivity contribution < 1.29 is 0 Å². The molecule has 92 valence electrons. The van der Waals surface area contributed by atoms with Crippen molar-refractivity contribution in [3.8, 4) is 6.07 Å². The number of rotatable bonds is 6. The molecule has 0 bridgehead atoms. The van der Waals surface area contributed by atoms with Gasteiger partial charge in [-0.1, -0.05) is 51.1 Å². The highest BCUT2D eigenvalue weighted by Gasteiger charge is 2.27. The van der Waals surface area contributed by atoms with Crippen molar-refractivity contribution in [2.45, 2.75) is 39.2 Å². The maximum absolute atomic E-state index is 9.44. The van der Waals surface area contributed by atoms with Crippen molar-refractivity contribution in [3.63, 3.8) is 0 Å². The summed E-state index contributed by atoms with van der Waals surface area (Å²) in [5.41, 5.74) is 0.790. The van der Waals surface area contributed by atoms with Gasteiger partial charge in [-0.15, -0.1) is 0 Å². The lowest BCUT2D eigenvalue weighted by Gasteiger charge is -2.28. The molecule has 17 heavy (non-hydrogen) atoms. The van der Waals surface area contributed by atoms with Gasteiger partial charge in [-0.2, -0.15) is 5.26 Å². The first-order chi connectivity index (χ1) is 8.12. The van der Waals surface area contributed by atoms with Crippen molar-refractivity contribution in [3.05, 3.63) is 35.9 Å². The first kappa shape index (κ1) is 13.7. The second-order valence-corrected chi connectivity index (χ2v) is 4.98. The van der Waals surface area contributed by atoms with Gasteiger partial charge in [0.1, 0.15) is 5.54 Å². The zero-order chi connectivity index (χ0) is 12.7. The summed E-state index contributed by atoms with van der Waals surface area (Å²) in [6.45, 7) is 7.27. The van der Waals surface area contributed by atoms with Gasteiger partial charge in [-0.3, -0.25) is 5.32 Å². The highest BCUT2D eigenvalue weighted by atomic mass is 15.0. The molecule has 0 spiro atoms. The van der Waals surface area contributed by atoms with E-state index in [4.69, 9.17) is 0 Å². The van der Waals surface area contributed by atoms with Gasteiger partial charge in [0.25, 0.3) is 0 Å². The topological polar surface area (TPSA) is 35.8 Å². The Morgan fingerprint density at radius 1 is 1.29 bits per heavy atom. The average molecular weight is 230 g/mol. The molecule has 1 N–H and O–H groups in total. The van der Waals surface area contributed by atoms with Crippen LogP contribution in [0, 0.1) is 17.2 Å². The van der Waals surface area contributed by atoms with E-state index < -0.39 is 5.54 Å². The largest absolute Gasteiger partial charge is 0.299 e. The standard InChI is InChI=1S/C15H22N2/c1-4-15(12-16,17-11-13(2)3)10-14-8-6-5-7-9-14/h5-9,13,17H,4,10-11H2,1-3H3. The van der Waals surface area contributed by atoms with Gasteiger partial charge in [0.15, 0.2) is 0 Å². The van der Waals surface area contributed by atoms with Gasteiger partial charge in [0, 0.05) is 6.42 Å². The van der Waals surface area contributed by atoms with Crippen LogP contribution in [0.15, 0.2) is 30.3 Å². The summed E-state index contributed by atoms with van der Waals surface area (Å²) in [5.74, 6) is 0.560. The summed E-state index contributed by atoms with van der Waals surface area (Å²) in [6.07, 6.45) is 1.60. The van der Waals surface area contributed by atoms with Gasteiger partial charge in [-0.25, -0.2) is 0 Å². The van der Waals surface area contributed by atoms with Crippen molar-refractivity contribution in [1.29, 1.82) is 5.26 Å². The Hall–Kier alpha value is -1.33. The van der Waals surface area contributed by atoms with Crippen molar-refractivity contribution in [2.24, 2.45) is 5.92 Å². The van der Waals surface area contributed by atoms with E-state index in [1.54, 1.807) is 0 Å². The van der Waals surface area contributed by atoms with E-state index in [9.17, 15) is 5.26 Å². The highest BCUT2D eigenvalue weighted by molar-refractivity contribution is 5.22. The molecule has 0 aliphatic rings. The van der Waals surface area contributed by atoms with Crippen LogP contribution in [-0.2, 0) is 6.42 Å². The molecule has 0 aliphatic heterocycles. The highest BCUT2D eigenvalue weighted by Crippen LogP contribution is 2.17. The van der Waals surface area contributed by atoms with Crippen molar-refractivity contribution >= 4 is 0 Å². The van der Waals surface area contributed by atoms with Gasteiger partial charge in [0.2, 0.25) is 0 Å². The van der Waals surface area contributed by atoms with Crippen LogP contribution in [0.3, 0.4) is 0 Å². The van der Waals surface area contributed by atoms with Crippen LogP contribution in [0.25, 0.3) is 0 Å². The number of hydrogen-bond donors (Lipinski definition) is 1. The molecule has 0 saturated heterocycles. The molecule has 0 amide bonds. The van der Waals surface area contributed by atoms with E-state index in [1.165, 1.54) is 5.56 Å². The van der Waals surface area contributed by atoms with Gasteiger partial charge < -0.3 is 0 Å². The minimum atomic E-state index is -0.425. The minimum absolute atomic E-state index is 0.425. The van der Waals surface area contributed by atoms with E-state index >= 15 is 0 Å². The van der Waals surface area contributed by atoms with Crippen LogP contribution in [0.2, 0.25) is 0 Å². The Morgan fingerprint density at radius 3 is 2.41 bits per heavy atom.